The van der Waals surface area contributed by atoms with Gasteiger partial charge in [-0.25, -0.2) is 0 Å². The fourth-order valence-corrected chi connectivity index (χ4v) is 1.82. The Balaban J connectivity index is 1.83. The molecule has 106 valence electrons. The Morgan fingerprint density at radius 1 is 1.14 bits per heavy atom. The molecule has 0 aliphatic heterocycles. The van der Waals surface area contributed by atoms with Gasteiger partial charge in [-0.2, -0.15) is 10.1 Å². The zero-order valence-electron chi connectivity index (χ0n) is 11.7. The highest BCUT2D eigenvalue weighted by Gasteiger charge is 2.09. The molecule has 0 atom stereocenters. The quantitative estimate of drug-likeness (QED) is 0.787. The number of rotatable bonds is 4. The van der Waals surface area contributed by atoms with Gasteiger partial charge in [0.15, 0.2) is 11.6 Å². The van der Waals surface area contributed by atoms with Crippen LogP contribution in [0, 0.1) is 6.92 Å². The second kappa shape index (κ2) is 5.58. The van der Waals surface area contributed by atoms with Gasteiger partial charge in [0, 0.05) is 18.8 Å². The van der Waals surface area contributed by atoms with Gasteiger partial charge in [0.1, 0.15) is 5.76 Å². The Morgan fingerprint density at radius 2 is 1.95 bits per heavy atom. The number of hydrogen-bond donors (Lipinski definition) is 1. The van der Waals surface area contributed by atoms with Gasteiger partial charge in [-0.1, -0.05) is 23.4 Å². The highest BCUT2D eigenvalue weighted by atomic mass is 16.5. The van der Waals surface area contributed by atoms with Crippen molar-refractivity contribution in [3.8, 4) is 0 Å². The molecule has 0 aliphatic carbocycles. The first-order chi connectivity index (χ1) is 10.2. The minimum absolute atomic E-state index is 0.492. The number of para-hydroxylation sites is 1. The van der Waals surface area contributed by atoms with E-state index in [1.54, 1.807) is 6.07 Å². The van der Waals surface area contributed by atoms with E-state index < -0.39 is 0 Å². The van der Waals surface area contributed by atoms with Crippen LogP contribution in [-0.4, -0.2) is 27.4 Å². The van der Waals surface area contributed by atoms with Crippen molar-refractivity contribution < 1.29 is 4.52 Å². The molecule has 1 aromatic carbocycles. The first-order valence-electron chi connectivity index (χ1n) is 6.41. The first kappa shape index (κ1) is 13.0. The third kappa shape index (κ3) is 2.97. The molecular weight excluding hydrogens is 268 g/mol. The zero-order valence-corrected chi connectivity index (χ0v) is 11.7. The SMILES string of the molecule is Cc1cc(Nc2cnnc(N(C)c3ccccc3)n2)no1. The Morgan fingerprint density at radius 3 is 2.67 bits per heavy atom. The minimum Gasteiger partial charge on any atom is -0.360 e. The molecule has 0 amide bonds. The van der Waals surface area contributed by atoms with Gasteiger partial charge in [-0.05, 0) is 19.1 Å². The van der Waals surface area contributed by atoms with E-state index in [0.29, 0.717) is 17.6 Å². The standard InChI is InChI=1S/C14H14N6O/c1-10-8-12(19-21-10)16-13-9-15-18-14(17-13)20(2)11-6-4-3-5-7-11/h3-9H,1-2H3,(H,16,17,18,19). The molecule has 0 radical (unpaired) electrons. The largest absolute Gasteiger partial charge is 0.360 e. The number of anilines is 4. The maximum Gasteiger partial charge on any atom is 0.251 e. The number of nitrogens with zero attached hydrogens (tertiary/aromatic N) is 5. The van der Waals surface area contributed by atoms with Gasteiger partial charge in [-0.15, -0.1) is 5.10 Å². The predicted molar refractivity (Wildman–Crippen MR) is 78.9 cm³/mol. The second-order valence-electron chi connectivity index (χ2n) is 4.48. The van der Waals surface area contributed by atoms with Crippen molar-refractivity contribution in [1.29, 1.82) is 0 Å². The van der Waals surface area contributed by atoms with Crippen LogP contribution in [0.4, 0.5) is 23.3 Å². The van der Waals surface area contributed by atoms with Gasteiger partial charge in [0.05, 0.1) is 6.20 Å². The van der Waals surface area contributed by atoms with Crippen LogP contribution in [0.3, 0.4) is 0 Å². The van der Waals surface area contributed by atoms with E-state index in [0.717, 1.165) is 11.4 Å². The van der Waals surface area contributed by atoms with E-state index in [-0.39, 0.29) is 0 Å². The smallest absolute Gasteiger partial charge is 0.251 e. The van der Waals surface area contributed by atoms with Crippen molar-refractivity contribution >= 4 is 23.3 Å². The summed E-state index contributed by atoms with van der Waals surface area (Å²) in [6.07, 6.45) is 1.53. The van der Waals surface area contributed by atoms with Crippen molar-refractivity contribution in [3.63, 3.8) is 0 Å². The van der Waals surface area contributed by atoms with Crippen LogP contribution in [0.15, 0.2) is 47.1 Å². The maximum atomic E-state index is 5.00. The fraction of sp³-hybridized carbons (Fsp3) is 0.143. The number of benzene rings is 1. The summed E-state index contributed by atoms with van der Waals surface area (Å²) in [6.45, 7) is 1.82. The normalized spacial score (nSPS) is 10.4. The summed E-state index contributed by atoms with van der Waals surface area (Å²) in [7, 11) is 1.89. The third-order valence-electron chi connectivity index (χ3n) is 2.88. The van der Waals surface area contributed by atoms with E-state index in [1.165, 1.54) is 6.20 Å². The summed E-state index contributed by atoms with van der Waals surface area (Å²) < 4.78 is 5.00. The van der Waals surface area contributed by atoms with Gasteiger partial charge < -0.3 is 14.7 Å². The van der Waals surface area contributed by atoms with E-state index >= 15 is 0 Å². The Hall–Kier alpha value is -2.96. The Kier molecular flexibility index (Phi) is 3.46. The molecule has 0 aliphatic rings. The lowest BCUT2D eigenvalue weighted by Crippen LogP contribution is -2.14. The Labute approximate surface area is 121 Å². The molecule has 3 rings (SSSR count). The van der Waals surface area contributed by atoms with E-state index in [4.69, 9.17) is 4.52 Å². The Bertz CT molecular complexity index is 727. The highest BCUT2D eigenvalue weighted by molar-refractivity contribution is 5.58. The zero-order chi connectivity index (χ0) is 14.7. The molecule has 2 aromatic heterocycles. The second-order valence-corrected chi connectivity index (χ2v) is 4.48. The van der Waals surface area contributed by atoms with E-state index in [2.05, 4.69) is 25.7 Å². The maximum absolute atomic E-state index is 5.00. The van der Waals surface area contributed by atoms with Gasteiger partial charge in [0.25, 0.3) is 5.95 Å². The lowest BCUT2D eigenvalue weighted by Gasteiger charge is -2.16. The average molecular weight is 282 g/mol. The van der Waals surface area contributed by atoms with Crippen LogP contribution >= 0.6 is 0 Å². The van der Waals surface area contributed by atoms with Crippen LogP contribution in [0.25, 0.3) is 0 Å². The van der Waals surface area contributed by atoms with Crippen LogP contribution in [0.1, 0.15) is 5.76 Å². The third-order valence-corrected chi connectivity index (χ3v) is 2.88. The van der Waals surface area contributed by atoms with Crippen molar-refractivity contribution in [3.05, 3.63) is 48.4 Å². The summed E-state index contributed by atoms with van der Waals surface area (Å²) >= 11 is 0. The molecule has 1 N–H and O–H groups in total. The molecule has 3 aromatic rings. The molecule has 0 unspecified atom stereocenters. The lowest BCUT2D eigenvalue weighted by atomic mass is 10.3. The van der Waals surface area contributed by atoms with Crippen molar-refractivity contribution in [1.82, 2.24) is 20.3 Å². The van der Waals surface area contributed by atoms with E-state index in [1.807, 2.05) is 49.2 Å². The summed E-state index contributed by atoms with van der Waals surface area (Å²) in [5, 5.41) is 14.9. The van der Waals surface area contributed by atoms with Crippen LogP contribution < -0.4 is 10.2 Å². The van der Waals surface area contributed by atoms with Gasteiger partial charge in [0.2, 0.25) is 0 Å². The monoisotopic (exact) mass is 282 g/mol. The molecule has 7 heteroatoms. The number of aryl methyl sites for hydroxylation is 1. The number of aromatic nitrogens is 4. The topological polar surface area (TPSA) is 80.0 Å². The molecule has 2 heterocycles. The molecule has 21 heavy (non-hydrogen) atoms. The fourth-order valence-electron chi connectivity index (χ4n) is 1.82. The van der Waals surface area contributed by atoms with Crippen LogP contribution in [0.2, 0.25) is 0 Å². The van der Waals surface area contributed by atoms with Crippen molar-refractivity contribution in [2.45, 2.75) is 6.92 Å². The summed E-state index contributed by atoms with van der Waals surface area (Å²) in [4.78, 5) is 6.27. The van der Waals surface area contributed by atoms with Crippen LogP contribution in [-0.2, 0) is 0 Å². The van der Waals surface area contributed by atoms with Gasteiger partial charge in [-0.3, -0.25) is 0 Å². The molecule has 7 nitrogen and oxygen atoms in total. The highest BCUT2D eigenvalue weighted by Crippen LogP contribution is 2.20. The summed E-state index contributed by atoms with van der Waals surface area (Å²) in [5.41, 5.74) is 0.980. The predicted octanol–water partition coefficient (Wildman–Crippen LogP) is 2.68. The average Bonchev–Trinajstić information content (AvgIpc) is 2.93. The molecule has 0 fully saturated rings. The van der Waals surface area contributed by atoms with E-state index in [9.17, 15) is 0 Å². The first-order valence-corrected chi connectivity index (χ1v) is 6.41. The molecular formula is C14H14N6O. The van der Waals surface area contributed by atoms with Gasteiger partial charge >= 0.3 is 0 Å². The van der Waals surface area contributed by atoms with Crippen molar-refractivity contribution in [2.24, 2.45) is 0 Å². The molecule has 0 saturated carbocycles. The molecule has 0 saturated heterocycles. The van der Waals surface area contributed by atoms with Crippen molar-refractivity contribution in [2.75, 3.05) is 17.3 Å². The molecule has 0 bridgehead atoms. The summed E-state index contributed by atoms with van der Waals surface area (Å²) in [6, 6.07) is 11.6. The lowest BCUT2D eigenvalue weighted by molar-refractivity contribution is 0.400. The van der Waals surface area contributed by atoms with Crippen LogP contribution in [0.5, 0.6) is 0 Å². The summed E-state index contributed by atoms with van der Waals surface area (Å²) in [5.74, 6) is 2.35. The molecule has 0 spiro atoms. The minimum atomic E-state index is 0.492. The number of hydrogen-bond acceptors (Lipinski definition) is 7. The number of nitrogens with one attached hydrogen (secondary N) is 1.